The largest absolute Gasteiger partial charge is 0.481 e. The highest BCUT2D eigenvalue weighted by atomic mass is 35.5. The lowest BCUT2D eigenvalue weighted by Crippen LogP contribution is -2.30. The highest BCUT2D eigenvalue weighted by Gasteiger charge is 2.17. The van der Waals surface area contributed by atoms with Gasteiger partial charge in [-0.25, -0.2) is 0 Å². The second-order valence-corrected chi connectivity index (χ2v) is 5.16. The first kappa shape index (κ1) is 17.5. The number of methoxy groups -OCH3 is 1. The van der Waals surface area contributed by atoms with Crippen molar-refractivity contribution in [3.63, 3.8) is 0 Å². The van der Waals surface area contributed by atoms with Crippen molar-refractivity contribution >= 4 is 23.5 Å². The third-order valence-corrected chi connectivity index (χ3v) is 3.24. The average Bonchev–Trinajstić information content (AvgIpc) is 2.43. The molecule has 0 aliphatic heterocycles. The molecule has 1 rings (SSSR count). The van der Waals surface area contributed by atoms with Gasteiger partial charge in [0.2, 0.25) is 5.91 Å². The Morgan fingerprint density at radius 2 is 1.95 bits per heavy atom. The maximum Gasteiger partial charge on any atom is 0.305 e. The lowest BCUT2D eigenvalue weighted by molar-refractivity contribution is -0.137. The minimum absolute atomic E-state index is 0.160. The highest BCUT2D eigenvalue weighted by molar-refractivity contribution is 6.30. The first-order chi connectivity index (χ1) is 10.0. The van der Waals surface area contributed by atoms with Gasteiger partial charge < -0.3 is 15.2 Å². The molecule has 2 N–H and O–H groups in total. The van der Waals surface area contributed by atoms with Crippen molar-refractivity contribution in [1.29, 1.82) is 0 Å². The minimum Gasteiger partial charge on any atom is -0.481 e. The second-order valence-electron chi connectivity index (χ2n) is 4.72. The van der Waals surface area contributed by atoms with Crippen molar-refractivity contribution in [3.8, 4) is 0 Å². The van der Waals surface area contributed by atoms with E-state index in [-0.39, 0.29) is 12.3 Å². The van der Waals surface area contributed by atoms with Gasteiger partial charge in [0.1, 0.15) is 0 Å². The Morgan fingerprint density at radius 3 is 2.52 bits per heavy atom. The number of carbonyl (C=O) groups is 2. The number of benzene rings is 1. The first-order valence-electron chi connectivity index (χ1n) is 6.78. The fraction of sp³-hybridized carbons (Fsp3) is 0.467. The van der Waals surface area contributed by atoms with E-state index in [1.54, 1.807) is 31.4 Å². The average molecular weight is 314 g/mol. The minimum atomic E-state index is -0.963. The van der Waals surface area contributed by atoms with Crippen LogP contribution in [0.2, 0.25) is 5.02 Å². The Morgan fingerprint density at radius 1 is 1.29 bits per heavy atom. The van der Waals surface area contributed by atoms with Gasteiger partial charge in [-0.2, -0.15) is 0 Å². The summed E-state index contributed by atoms with van der Waals surface area (Å²) in [6.45, 7) is 0.614. The summed E-state index contributed by atoms with van der Waals surface area (Å²) in [5.74, 6) is -1.12. The summed E-state index contributed by atoms with van der Waals surface area (Å²) in [7, 11) is 1.61. The SMILES string of the molecule is COCCCCC(=O)N[C@@H](CC(=O)O)c1ccc(Cl)cc1. The van der Waals surface area contributed by atoms with Crippen LogP contribution in [0.15, 0.2) is 24.3 Å². The van der Waals surface area contributed by atoms with Crippen molar-refractivity contribution in [2.75, 3.05) is 13.7 Å². The van der Waals surface area contributed by atoms with E-state index < -0.39 is 12.0 Å². The van der Waals surface area contributed by atoms with Crippen LogP contribution in [0.4, 0.5) is 0 Å². The number of carboxylic acids is 1. The monoisotopic (exact) mass is 313 g/mol. The van der Waals surface area contributed by atoms with Crippen LogP contribution in [0.3, 0.4) is 0 Å². The fourth-order valence-corrected chi connectivity index (χ4v) is 2.05. The lowest BCUT2D eigenvalue weighted by atomic mass is 10.0. The van der Waals surface area contributed by atoms with E-state index in [0.717, 1.165) is 12.0 Å². The molecule has 0 saturated carbocycles. The van der Waals surface area contributed by atoms with Crippen LogP contribution >= 0.6 is 11.6 Å². The van der Waals surface area contributed by atoms with Crippen molar-refractivity contribution in [2.24, 2.45) is 0 Å². The normalized spacial score (nSPS) is 11.9. The maximum atomic E-state index is 11.9. The fourth-order valence-electron chi connectivity index (χ4n) is 1.92. The van der Waals surface area contributed by atoms with Crippen molar-refractivity contribution in [1.82, 2.24) is 5.32 Å². The van der Waals surface area contributed by atoms with Gasteiger partial charge in [-0.15, -0.1) is 0 Å². The van der Waals surface area contributed by atoms with Crippen LogP contribution in [0.5, 0.6) is 0 Å². The molecule has 1 amide bonds. The zero-order chi connectivity index (χ0) is 15.7. The molecule has 0 radical (unpaired) electrons. The summed E-state index contributed by atoms with van der Waals surface area (Å²) >= 11 is 5.81. The molecule has 0 spiro atoms. The van der Waals surface area contributed by atoms with Gasteiger partial charge in [0.05, 0.1) is 12.5 Å². The van der Waals surface area contributed by atoms with Crippen LogP contribution in [-0.4, -0.2) is 30.7 Å². The molecule has 116 valence electrons. The van der Waals surface area contributed by atoms with Crippen LogP contribution in [0, 0.1) is 0 Å². The molecular formula is C15H20ClNO4. The van der Waals surface area contributed by atoms with Gasteiger partial charge in [0, 0.05) is 25.2 Å². The topological polar surface area (TPSA) is 75.6 Å². The smallest absolute Gasteiger partial charge is 0.305 e. The number of amides is 1. The Kier molecular flexibility index (Phi) is 7.79. The quantitative estimate of drug-likeness (QED) is 0.687. The molecule has 0 aliphatic rings. The van der Waals surface area contributed by atoms with E-state index in [0.29, 0.717) is 24.5 Å². The zero-order valence-corrected chi connectivity index (χ0v) is 12.7. The summed E-state index contributed by atoms with van der Waals surface area (Å²) in [5, 5.41) is 12.3. The van der Waals surface area contributed by atoms with Gasteiger partial charge in [0.15, 0.2) is 0 Å². The molecule has 0 unspecified atom stereocenters. The third-order valence-electron chi connectivity index (χ3n) is 2.99. The third kappa shape index (κ3) is 7.11. The van der Waals surface area contributed by atoms with E-state index in [1.165, 1.54) is 0 Å². The van der Waals surface area contributed by atoms with Crippen molar-refractivity contribution in [2.45, 2.75) is 31.7 Å². The lowest BCUT2D eigenvalue weighted by Gasteiger charge is -2.17. The predicted molar refractivity (Wildman–Crippen MR) is 80.3 cm³/mol. The number of hydrogen-bond acceptors (Lipinski definition) is 3. The number of nitrogens with one attached hydrogen (secondary N) is 1. The number of ether oxygens (including phenoxy) is 1. The molecule has 1 aromatic carbocycles. The first-order valence-corrected chi connectivity index (χ1v) is 7.16. The molecule has 0 bridgehead atoms. The van der Waals surface area contributed by atoms with E-state index in [4.69, 9.17) is 21.4 Å². The van der Waals surface area contributed by atoms with E-state index in [1.807, 2.05) is 0 Å². The van der Waals surface area contributed by atoms with Gasteiger partial charge in [-0.3, -0.25) is 9.59 Å². The highest BCUT2D eigenvalue weighted by Crippen LogP contribution is 2.19. The molecule has 0 heterocycles. The molecule has 6 heteroatoms. The molecule has 0 fully saturated rings. The number of unbranched alkanes of at least 4 members (excludes halogenated alkanes) is 1. The Hall–Kier alpha value is -1.59. The predicted octanol–water partition coefficient (Wildman–Crippen LogP) is 2.79. The van der Waals surface area contributed by atoms with Gasteiger partial charge >= 0.3 is 5.97 Å². The molecule has 0 aromatic heterocycles. The summed E-state index contributed by atoms with van der Waals surface area (Å²) < 4.78 is 4.92. The number of hydrogen-bond donors (Lipinski definition) is 2. The van der Waals surface area contributed by atoms with E-state index in [2.05, 4.69) is 5.32 Å². The number of halogens is 1. The summed E-state index contributed by atoms with van der Waals surface area (Å²) in [6, 6.07) is 6.25. The van der Waals surface area contributed by atoms with Crippen LogP contribution < -0.4 is 5.32 Å². The van der Waals surface area contributed by atoms with Gasteiger partial charge in [0.25, 0.3) is 0 Å². The molecule has 1 atom stereocenters. The maximum absolute atomic E-state index is 11.9. The number of carbonyl (C=O) groups excluding carboxylic acids is 1. The number of aliphatic carboxylic acids is 1. The molecule has 0 aliphatic carbocycles. The zero-order valence-electron chi connectivity index (χ0n) is 12.0. The van der Waals surface area contributed by atoms with Crippen molar-refractivity contribution < 1.29 is 19.4 Å². The second kappa shape index (κ2) is 9.37. The Bertz CT molecular complexity index is 461. The van der Waals surface area contributed by atoms with Gasteiger partial charge in [-0.05, 0) is 30.5 Å². The molecular weight excluding hydrogens is 294 g/mol. The number of rotatable bonds is 9. The van der Waals surface area contributed by atoms with Crippen LogP contribution in [0.25, 0.3) is 0 Å². The van der Waals surface area contributed by atoms with E-state index in [9.17, 15) is 9.59 Å². The Balaban J connectivity index is 2.59. The summed E-state index contributed by atoms with van der Waals surface area (Å²) in [4.78, 5) is 22.8. The molecule has 1 aromatic rings. The molecule has 21 heavy (non-hydrogen) atoms. The number of carboxylic acid groups (broad SMARTS) is 1. The standard InChI is InChI=1S/C15H20ClNO4/c1-21-9-3-2-4-14(18)17-13(10-15(19)20)11-5-7-12(16)8-6-11/h5-8,13H,2-4,9-10H2,1H3,(H,17,18)(H,19,20)/t13-/m0/s1. The summed E-state index contributed by atoms with van der Waals surface area (Å²) in [5.41, 5.74) is 0.729. The summed E-state index contributed by atoms with van der Waals surface area (Å²) in [6.07, 6.45) is 1.70. The molecule has 5 nitrogen and oxygen atoms in total. The van der Waals surface area contributed by atoms with Crippen LogP contribution in [-0.2, 0) is 14.3 Å². The molecule has 0 saturated heterocycles. The van der Waals surface area contributed by atoms with Crippen molar-refractivity contribution in [3.05, 3.63) is 34.9 Å². The van der Waals surface area contributed by atoms with E-state index >= 15 is 0 Å². The Labute approximate surface area is 129 Å². The van der Waals surface area contributed by atoms with Crippen LogP contribution in [0.1, 0.15) is 37.3 Å². The van der Waals surface area contributed by atoms with Gasteiger partial charge in [-0.1, -0.05) is 23.7 Å².